The molecule has 1 aromatic carbocycles. The summed E-state index contributed by atoms with van der Waals surface area (Å²) in [6.45, 7) is 3.01. The Morgan fingerprint density at radius 1 is 1.21 bits per heavy atom. The van der Waals surface area contributed by atoms with E-state index in [1.165, 1.54) is 12.1 Å². The lowest BCUT2D eigenvalue weighted by atomic mass is 10.0. The fourth-order valence-electron chi connectivity index (χ4n) is 2.23. The summed E-state index contributed by atoms with van der Waals surface area (Å²) in [5.41, 5.74) is 2.22. The average Bonchev–Trinajstić information content (AvgIpc) is 2.78. The molecule has 0 radical (unpaired) electrons. The molecule has 102 valence electrons. The minimum Gasteiger partial charge on any atom is -0.314 e. The first-order valence-corrected chi connectivity index (χ1v) is 6.63. The van der Waals surface area contributed by atoms with E-state index in [0.717, 1.165) is 30.6 Å². The van der Waals surface area contributed by atoms with Gasteiger partial charge in [-0.3, -0.25) is 4.68 Å². The Morgan fingerprint density at radius 3 is 2.53 bits per heavy atom. The van der Waals surface area contributed by atoms with Gasteiger partial charge in [-0.15, -0.1) is 0 Å². The van der Waals surface area contributed by atoms with Crippen molar-refractivity contribution in [2.45, 2.75) is 25.8 Å². The number of nitrogens with zero attached hydrogens (tertiary/aromatic N) is 2. The second kappa shape index (κ2) is 6.48. The van der Waals surface area contributed by atoms with Crippen LogP contribution in [-0.2, 0) is 19.9 Å². The van der Waals surface area contributed by atoms with Gasteiger partial charge in [-0.25, -0.2) is 4.39 Å². The molecule has 3 nitrogen and oxygen atoms in total. The number of aryl methyl sites for hydroxylation is 1. The van der Waals surface area contributed by atoms with Crippen LogP contribution in [0.15, 0.2) is 36.5 Å². The van der Waals surface area contributed by atoms with Crippen molar-refractivity contribution in [1.82, 2.24) is 15.1 Å². The molecule has 2 aromatic rings. The van der Waals surface area contributed by atoms with E-state index in [-0.39, 0.29) is 5.82 Å². The zero-order chi connectivity index (χ0) is 13.7. The van der Waals surface area contributed by atoms with Crippen LogP contribution in [0, 0.1) is 5.82 Å². The number of likely N-dealkylation sites (N-methyl/N-ethyl adjacent to an activating group) is 1. The maximum atomic E-state index is 12.9. The third kappa shape index (κ3) is 4.17. The first kappa shape index (κ1) is 13.7. The first-order valence-electron chi connectivity index (χ1n) is 6.63. The minimum absolute atomic E-state index is 0.187. The van der Waals surface area contributed by atoms with Crippen LogP contribution in [-0.4, -0.2) is 22.4 Å². The zero-order valence-electron chi connectivity index (χ0n) is 11.4. The van der Waals surface area contributed by atoms with Crippen molar-refractivity contribution in [2.24, 2.45) is 7.05 Å². The highest BCUT2D eigenvalue weighted by Gasteiger charge is 2.11. The van der Waals surface area contributed by atoms with Crippen molar-refractivity contribution in [3.05, 3.63) is 53.6 Å². The topological polar surface area (TPSA) is 29.9 Å². The molecule has 1 N–H and O–H groups in total. The molecule has 0 amide bonds. The maximum Gasteiger partial charge on any atom is 0.123 e. The molecule has 0 saturated heterocycles. The second-order valence-electron chi connectivity index (χ2n) is 4.77. The number of nitrogens with one attached hydrogen (secondary N) is 1. The van der Waals surface area contributed by atoms with Crippen LogP contribution in [0.3, 0.4) is 0 Å². The van der Waals surface area contributed by atoms with Crippen molar-refractivity contribution in [3.63, 3.8) is 0 Å². The molecule has 1 aromatic heterocycles. The van der Waals surface area contributed by atoms with Crippen LogP contribution in [0.4, 0.5) is 4.39 Å². The number of hydrogen-bond acceptors (Lipinski definition) is 2. The highest BCUT2D eigenvalue weighted by atomic mass is 19.1. The van der Waals surface area contributed by atoms with Gasteiger partial charge in [0.15, 0.2) is 0 Å². The molecule has 4 heteroatoms. The van der Waals surface area contributed by atoms with E-state index < -0.39 is 0 Å². The maximum absolute atomic E-state index is 12.9. The molecule has 0 aliphatic rings. The summed E-state index contributed by atoms with van der Waals surface area (Å²) in [7, 11) is 1.92. The molecule has 0 spiro atoms. The lowest BCUT2D eigenvalue weighted by Crippen LogP contribution is -2.33. The number of halogens is 1. The SMILES string of the molecule is CCNC(Cc1ccc(F)cc1)Cc1ccn(C)n1. The summed E-state index contributed by atoms with van der Waals surface area (Å²) in [6.07, 6.45) is 3.72. The predicted octanol–water partition coefficient (Wildman–Crippen LogP) is 2.32. The fourth-order valence-corrected chi connectivity index (χ4v) is 2.23. The Morgan fingerprint density at radius 2 is 1.95 bits per heavy atom. The van der Waals surface area contributed by atoms with Gasteiger partial charge in [0, 0.05) is 25.7 Å². The van der Waals surface area contributed by atoms with Crippen LogP contribution >= 0.6 is 0 Å². The van der Waals surface area contributed by atoms with Crippen LogP contribution in [0.1, 0.15) is 18.2 Å². The molecular formula is C15H20FN3. The first-order chi connectivity index (χ1) is 9.17. The summed E-state index contributed by atoms with van der Waals surface area (Å²) in [4.78, 5) is 0. The highest BCUT2D eigenvalue weighted by Crippen LogP contribution is 2.09. The van der Waals surface area contributed by atoms with Gasteiger partial charge < -0.3 is 5.32 Å². The van der Waals surface area contributed by atoms with Crippen molar-refractivity contribution < 1.29 is 4.39 Å². The van der Waals surface area contributed by atoms with Gasteiger partial charge in [0.25, 0.3) is 0 Å². The van der Waals surface area contributed by atoms with Crippen LogP contribution in [0.5, 0.6) is 0 Å². The number of rotatable bonds is 6. The van der Waals surface area contributed by atoms with Gasteiger partial charge in [-0.1, -0.05) is 19.1 Å². The van der Waals surface area contributed by atoms with Gasteiger partial charge in [0.05, 0.1) is 5.69 Å². The van der Waals surface area contributed by atoms with E-state index >= 15 is 0 Å². The lowest BCUT2D eigenvalue weighted by Gasteiger charge is -2.17. The van der Waals surface area contributed by atoms with Crippen molar-refractivity contribution >= 4 is 0 Å². The summed E-state index contributed by atoms with van der Waals surface area (Å²) in [6, 6.07) is 9.08. The van der Waals surface area contributed by atoms with Crippen molar-refractivity contribution in [1.29, 1.82) is 0 Å². The number of hydrogen-bond donors (Lipinski definition) is 1. The van der Waals surface area contributed by atoms with Crippen LogP contribution < -0.4 is 5.32 Å². The van der Waals surface area contributed by atoms with E-state index in [9.17, 15) is 4.39 Å². The van der Waals surface area contributed by atoms with E-state index in [0.29, 0.717) is 6.04 Å². The standard InChI is InChI=1S/C15H20FN3/c1-3-17-15(11-14-8-9-19(2)18-14)10-12-4-6-13(16)7-5-12/h4-9,15,17H,3,10-11H2,1-2H3. The summed E-state index contributed by atoms with van der Waals surface area (Å²) < 4.78 is 14.7. The molecule has 19 heavy (non-hydrogen) atoms. The van der Waals surface area contributed by atoms with Gasteiger partial charge in [-0.05, 0) is 36.7 Å². The number of aromatic nitrogens is 2. The summed E-state index contributed by atoms with van der Waals surface area (Å²) in [5.74, 6) is -0.187. The Labute approximate surface area is 113 Å². The van der Waals surface area contributed by atoms with Crippen molar-refractivity contribution in [3.8, 4) is 0 Å². The molecule has 0 aliphatic carbocycles. The van der Waals surface area contributed by atoms with Gasteiger partial charge in [-0.2, -0.15) is 5.10 Å². The Balaban J connectivity index is 2.01. The Kier molecular flexibility index (Phi) is 4.68. The van der Waals surface area contributed by atoms with Gasteiger partial charge in [0.1, 0.15) is 5.82 Å². The van der Waals surface area contributed by atoms with E-state index in [1.54, 1.807) is 0 Å². The third-order valence-electron chi connectivity index (χ3n) is 3.11. The van der Waals surface area contributed by atoms with Crippen molar-refractivity contribution in [2.75, 3.05) is 6.54 Å². The smallest absolute Gasteiger partial charge is 0.123 e. The van der Waals surface area contributed by atoms with Crippen LogP contribution in [0.2, 0.25) is 0 Å². The Hall–Kier alpha value is -1.68. The molecule has 0 saturated carbocycles. The molecule has 1 unspecified atom stereocenters. The average molecular weight is 261 g/mol. The monoisotopic (exact) mass is 261 g/mol. The Bertz CT molecular complexity index is 504. The number of benzene rings is 1. The van der Waals surface area contributed by atoms with E-state index in [4.69, 9.17) is 0 Å². The normalized spacial score (nSPS) is 12.6. The summed E-state index contributed by atoms with van der Waals surface area (Å²) in [5, 5.41) is 7.87. The fraction of sp³-hybridized carbons (Fsp3) is 0.400. The lowest BCUT2D eigenvalue weighted by molar-refractivity contribution is 0.513. The van der Waals surface area contributed by atoms with Gasteiger partial charge >= 0.3 is 0 Å². The molecule has 0 bridgehead atoms. The molecule has 1 heterocycles. The molecule has 0 fully saturated rings. The minimum atomic E-state index is -0.187. The quantitative estimate of drug-likeness (QED) is 0.865. The molecule has 1 atom stereocenters. The highest BCUT2D eigenvalue weighted by molar-refractivity contribution is 5.18. The third-order valence-corrected chi connectivity index (χ3v) is 3.11. The van der Waals surface area contributed by atoms with E-state index in [1.807, 2.05) is 36.1 Å². The molecular weight excluding hydrogens is 241 g/mol. The van der Waals surface area contributed by atoms with Crippen LogP contribution in [0.25, 0.3) is 0 Å². The second-order valence-corrected chi connectivity index (χ2v) is 4.77. The molecule has 0 aliphatic heterocycles. The predicted molar refractivity (Wildman–Crippen MR) is 74.5 cm³/mol. The van der Waals surface area contributed by atoms with E-state index in [2.05, 4.69) is 17.3 Å². The zero-order valence-corrected chi connectivity index (χ0v) is 11.4. The van der Waals surface area contributed by atoms with Gasteiger partial charge in [0.2, 0.25) is 0 Å². The summed E-state index contributed by atoms with van der Waals surface area (Å²) >= 11 is 0. The molecule has 2 rings (SSSR count). The largest absolute Gasteiger partial charge is 0.314 e.